The summed E-state index contributed by atoms with van der Waals surface area (Å²) >= 11 is 1.32. The van der Waals surface area contributed by atoms with Crippen LogP contribution < -0.4 is 5.73 Å². The number of rotatable bonds is 4. The molecular weight excluding hydrogens is 190 g/mol. The Morgan fingerprint density at radius 1 is 1.46 bits per heavy atom. The minimum Gasteiger partial charge on any atom is -0.394 e. The smallest absolute Gasteiger partial charge is 0.146 e. The van der Waals surface area contributed by atoms with Gasteiger partial charge in [0.1, 0.15) is 10.8 Å². The summed E-state index contributed by atoms with van der Waals surface area (Å²) in [6.45, 7) is -0.241. The summed E-state index contributed by atoms with van der Waals surface area (Å²) in [5, 5.41) is 25.7. The van der Waals surface area contributed by atoms with Crippen molar-refractivity contribution in [2.24, 2.45) is 0 Å². The van der Waals surface area contributed by atoms with Crippen molar-refractivity contribution in [3.63, 3.8) is 0 Å². The zero-order valence-corrected chi connectivity index (χ0v) is 7.74. The summed E-state index contributed by atoms with van der Waals surface area (Å²) in [5.74, 6) is 0.766. The molecule has 6 heteroatoms. The maximum Gasteiger partial charge on any atom is 0.146 e. The first-order valence-electron chi connectivity index (χ1n) is 3.73. The van der Waals surface area contributed by atoms with Crippen LogP contribution in [0.1, 0.15) is 0 Å². The maximum absolute atomic E-state index is 9.03. The number of hydrogen-bond acceptors (Lipinski definition) is 6. The van der Waals surface area contributed by atoms with Crippen LogP contribution in [0.3, 0.4) is 0 Å². The van der Waals surface area contributed by atoms with Gasteiger partial charge in [0.25, 0.3) is 0 Å². The van der Waals surface area contributed by atoms with Gasteiger partial charge < -0.3 is 15.9 Å². The van der Waals surface area contributed by atoms with E-state index >= 15 is 0 Å². The van der Waals surface area contributed by atoms with Crippen LogP contribution in [-0.2, 0) is 0 Å². The highest BCUT2D eigenvalue weighted by Crippen LogP contribution is 2.15. The highest BCUT2D eigenvalue weighted by Gasteiger charge is 2.03. The van der Waals surface area contributed by atoms with Crippen molar-refractivity contribution in [1.29, 1.82) is 0 Å². The average Bonchev–Trinajstić information content (AvgIpc) is 2.16. The molecule has 0 fully saturated rings. The zero-order valence-electron chi connectivity index (χ0n) is 6.92. The number of aromatic nitrogens is 2. The Kier molecular flexibility index (Phi) is 3.94. The van der Waals surface area contributed by atoms with E-state index < -0.39 is 6.10 Å². The molecule has 0 aromatic carbocycles. The standard InChI is InChI=1S/C7H11N3O2S/c8-6-1-2-7(10-9-6)13-4-5(12)3-11/h1-2,5,11-12H,3-4H2,(H2,8,9). The van der Waals surface area contributed by atoms with Gasteiger partial charge in [0.05, 0.1) is 12.7 Å². The molecule has 0 spiro atoms. The lowest BCUT2D eigenvalue weighted by molar-refractivity contribution is 0.113. The lowest BCUT2D eigenvalue weighted by atomic mass is 10.4. The molecule has 0 radical (unpaired) electrons. The van der Waals surface area contributed by atoms with Crippen LogP contribution in [0, 0.1) is 0 Å². The molecule has 1 unspecified atom stereocenters. The molecule has 1 rings (SSSR count). The van der Waals surface area contributed by atoms with E-state index in [2.05, 4.69) is 10.2 Å². The largest absolute Gasteiger partial charge is 0.394 e. The van der Waals surface area contributed by atoms with Crippen LogP contribution in [0.25, 0.3) is 0 Å². The van der Waals surface area contributed by atoms with Crippen LogP contribution >= 0.6 is 11.8 Å². The van der Waals surface area contributed by atoms with Gasteiger partial charge >= 0.3 is 0 Å². The van der Waals surface area contributed by atoms with E-state index in [1.54, 1.807) is 12.1 Å². The molecule has 1 heterocycles. The molecule has 1 atom stereocenters. The van der Waals surface area contributed by atoms with Gasteiger partial charge in [-0.1, -0.05) is 0 Å². The Bertz CT molecular complexity index is 254. The topological polar surface area (TPSA) is 92.3 Å². The first-order valence-corrected chi connectivity index (χ1v) is 4.72. The number of nitrogen functional groups attached to an aromatic ring is 1. The maximum atomic E-state index is 9.03. The minimum absolute atomic E-state index is 0.241. The third-order valence-corrected chi connectivity index (χ3v) is 2.36. The molecule has 1 aromatic rings. The lowest BCUT2D eigenvalue weighted by Gasteiger charge is -2.04. The number of thioether (sulfide) groups is 1. The predicted molar refractivity (Wildman–Crippen MR) is 50.3 cm³/mol. The fourth-order valence-electron chi connectivity index (χ4n) is 0.642. The number of nitrogens with zero attached hydrogens (tertiary/aromatic N) is 2. The second kappa shape index (κ2) is 5.00. The van der Waals surface area contributed by atoms with Crippen molar-refractivity contribution in [3.05, 3.63) is 12.1 Å². The summed E-state index contributed by atoms with van der Waals surface area (Å²) in [5.41, 5.74) is 5.34. The molecule has 0 saturated heterocycles. The molecule has 1 aromatic heterocycles. The van der Waals surface area contributed by atoms with E-state index in [1.807, 2.05) is 0 Å². The van der Waals surface area contributed by atoms with Gasteiger partial charge in [0.2, 0.25) is 0 Å². The molecule has 0 bridgehead atoms. The van der Waals surface area contributed by atoms with Crippen molar-refractivity contribution in [3.8, 4) is 0 Å². The quantitative estimate of drug-likeness (QED) is 0.569. The van der Waals surface area contributed by atoms with Crippen molar-refractivity contribution < 1.29 is 10.2 Å². The third-order valence-electron chi connectivity index (χ3n) is 1.30. The van der Waals surface area contributed by atoms with Crippen LogP contribution in [0.2, 0.25) is 0 Å². The summed E-state index contributed by atoms with van der Waals surface area (Å²) in [6, 6.07) is 3.36. The van der Waals surface area contributed by atoms with E-state index in [-0.39, 0.29) is 6.61 Å². The van der Waals surface area contributed by atoms with Gasteiger partial charge in [-0.3, -0.25) is 0 Å². The van der Waals surface area contributed by atoms with Crippen LogP contribution in [0.5, 0.6) is 0 Å². The fraction of sp³-hybridized carbons (Fsp3) is 0.429. The number of nitrogens with two attached hydrogens (primary N) is 1. The zero-order chi connectivity index (χ0) is 9.68. The Morgan fingerprint density at radius 3 is 2.77 bits per heavy atom. The van der Waals surface area contributed by atoms with Gasteiger partial charge in [-0.25, -0.2) is 0 Å². The monoisotopic (exact) mass is 201 g/mol. The second-order valence-corrected chi connectivity index (χ2v) is 3.48. The van der Waals surface area contributed by atoms with E-state index in [1.165, 1.54) is 11.8 Å². The first kappa shape index (κ1) is 10.2. The Morgan fingerprint density at radius 2 is 2.23 bits per heavy atom. The number of aliphatic hydroxyl groups excluding tert-OH is 2. The highest BCUT2D eigenvalue weighted by molar-refractivity contribution is 7.99. The van der Waals surface area contributed by atoms with Gasteiger partial charge in [-0.15, -0.1) is 22.0 Å². The molecule has 0 saturated carbocycles. The Hall–Kier alpha value is -0.850. The molecule has 0 aliphatic rings. The number of hydrogen-bond donors (Lipinski definition) is 3. The van der Waals surface area contributed by atoms with E-state index in [0.29, 0.717) is 16.6 Å². The molecule has 0 amide bonds. The SMILES string of the molecule is Nc1ccc(SCC(O)CO)nn1. The summed E-state index contributed by atoms with van der Waals surface area (Å²) < 4.78 is 0. The fourth-order valence-corrected chi connectivity index (χ4v) is 1.37. The van der Waals surface area contributed by atoms with Crippen molar-refractivity contribution in [2.75, 3.05) is 18.1 Å². The van der Waals surface area contributed by atoms with Gasteiger partial charge in [0.15, 0.2) is 0 Å². The molecule has 4 N–H and O–H groups in total. The Labute approximate surface area is 80.0 Å². The molecular formula is C7H11N3O2S. The predicted octanol–water partition coefficient (Wildman–Crippen LogP) is -0.496. The third kappa shape index (κ3) is 3.58. The van der Waals surface area contributed by atoms with Gasteiger partial charge in [0, 0.05) is 5.75 Å². The summed E-state index contributed by atoms with van der Waals surface area (Å²) in [7, 11) is 0. The Balaban J connectivity index is 2.41. The van der Waals surface area contributed by atoms with Crippen LogP contribution in [0.15, 0.2) is 17.2 Å². The molecule has 13 heavy (non-hydrogen) atoms. The molecule has 72 valence electrons. The lowest BCUT2D eigenvalue weighted by Crippen LogP contribution is -2.14. The number of anilines is 1. The van der Waals surface area contributed by atoms with Crippen molar-refractivity contribution in [1.82, 2.24) is 10.2 Å². The van der Waals surface area contributed by atoms with Gasteiger partial charge in [-0.2, -0.15) is 0 Å². The second-order valence-electron chi connectivity index (χ2n) is 2.44. The first-order chi connectivity index (χ1) is 6.22. The molecule has 0 aliphatic heterocycles. The van der Waals surface area contributed by atoms with Crippen molar-refractivity contribution in [2.45, 2.75) is 11.1 Å². The molecule has 0 aliphatic carbocycles. The minimum atomic E-state index is -0.718. The number of aliphatic hydroxyl groups is 2. The van der Waals surface area contributed by atoms with E-state index in [4.69, 9.17) is 15.9 Å². The summed E-state index contributed by atoms with van der Waals surface area (Å²) in [6.07, 6.45) is -0.718. The molecule has 5 nitrogen and oxygen atoms in total. The van der Waals surface area contributed by atoms with E-state index in [9.17, 15) is 0 Å². The van der Waals surface area contributed by atoms with Crippen molar-refractivity contribution >= 4 is 17.6 Å². The summed E-state index contributed by atoms with van der Waals surface area (Å²) in [4.78, 5) is 0. The normalized spacial score (nSPS) is 12.8. The van der Waals surface area contributed by atoms with E-state index in [0.717, 1.165) is 0 Å². The van der Waals surface area contributed by atoms with Crippen LogP contribution in [0.4, 0.5) is 5.82 Å². The highest BCUT2D eigenvalue weighted by atomic mass is 32.2. The van der Waals surface area contributed by atoms with Crippen LogP contribution in [-0.4, -0.2) is 38.9 Å². The van der Waals surface area contributed by atoms with Gasteiger partial charge in [-0.05, 0) is 12.1 Å². The average molecular weight is 201 g/mol.